The molecule has 0 aliphatic carbocycles. The summed E-state index contributed by atoms with van der Waals surface area (Å²) in [5, 5.41) is 6.12. The first kappa shape index (κ1) is 14.1. The molecule has 2 aliphatic rings. The van der Waals surface area contributed by atoms with Crippen LogP contribution >= 0.6 is 0 Å². The van der Waals surface area contributed by atoms with Crippen LogP contribution in [0.5, 0.6) is 0 Å². The molecule has 1 atom stereocenters. The number of carbonyl (C=O) groups is 2. The smallest absolute Gasteiger partial charge is 0.253 e. The number of benzene rings is 1. The molecule has 0 saturated carbocycles. The molecule has 2 aliphatic heterocycles. The maximum Gasteiger partial charge on any atom is 0.253 e. The maximum atomic E-state index is 12.2. The Hall–Kier alpha value is -1.88. The van der Waals surface area contributed by atoms with Crippen LogP contribution in [-0.2, 0) is 11.2 Å². The topological polar surface area (TPSA) is 61.4 Å². The quantitative estimate of drug-likeness (QED) is 0.875. The van der Waals surface area contributed by atoms with Gasteiger partial charge in [-0.2, -0.15) is 0 Å². The molecular weight excluding hydrogens is 266 g/mol. The van der Waals surface area contributed by atoms with Gasteiger partial charge < -0.3 is 15.5 Å². The second-order valence-corrected chi connectivity index (χ2v) is 6.04. The zero-order valence-electron chi connectivity index (χ0n) is 12.5. The lowest BCUT2D eigenvalue weighted by Crippen LogP contribution is -2.48. The molecule has 2 N–H and O–H groups in total. The van der Waals surface area contributed by atoms with Crippen LogP contribution in [0.3, 0.4) is 0 Å². The fraction of sp³-hybridized carbons (Fsp3) is 0.500. The molecule has 0 bridgehead atoms. The average molecular weight is 287 g/mol. The van der Waals surface area contributed by atoms with E-state index in [0.717, 1.165) is 31.6 Å². The molecule has 1 unspecified atom stereocenters. The van der Waals surface area contributed by atoms with Crippen LogP contribution < -0.4 is 10.6 Å². The van der Waals surface area contributed by atoms with Gasteiger partial charge in [-0.1, -0.05) is 13.0 Å². The molecule has 1 fully saturated rings. The Morgan fingerprint density at radius 2 is 2.19 bits per heavy atom. The van der Waals surface area contributed by atoms with Crippen molar-refractivity contribution in [3.8, 4) is 0 Å². The first-order valence-corrected chi connectivity index (χ1v) is 7.46. The number of nitrogens with one attached hydrogen (secondary N) is 2. The Morgan fingerprint density at radius 1 is 1.43 bits per heavy atom. The molecule has 0 radical (unpaired) electrons. The zero-order valence-corrected chi connectivity index (χ0v) is 12.5. The highest BCUT2D eigenvalue weighted by Crippen LogP contribution is 2.23. The third-order valence-electron chi connectivity index (χ3n) is 4.60. The van der Waals surface area contributed by atoms with E-state index in [0.29, 0.717) is 17.2 Å². The molecule has 1 aromatic rings. The van der Waals surface area contributed by atoms with E-state index >= 15 is 0 Å². The van der Waals surface area contributed by atoms with E-state index in [4.69, 9.17) is 0 Å². The summed E-state index contributed by atoms with van der Waals surface area (Å²) < 4.78 is 0. The van der Waals surface area contributed by atoms with Crippen molar-refractivity contribution in [2.24, 2.45) is 11.8 Å². The molecule has 3 rings (SSSR count). The van der Waals surface area contributed by atoms with Gasteiger partial charge in [-0.25, -0.2) is 0 Å². The van der Waals surface area contributed by atoms with Gasteiger partial charge in [0.15, 0.2) is 0 Å². The van der Waals surface area contributed by atoms with Crippen LogP contribution in [-0.4, -0.2) is 43.4 Å². The fourth-order valence-corrected chi connectivity index (χ4v) is 2.80. The molecule has 112 valence electrons. The van der Waals surface area contributed by atoms with Crippen LogP contribution in [0.1, 0.15) is 22.8 Å². The highest BCUT2D eigenvalue weighted by molar-refractivity contribution is 5.99. The first-order chi connectivity index (χ1) is 10.1. The van der Waals surface area contributed by atoms with Crippen molar-refractivity contribution < 1.29 is 9.59 Å². The molecule has 21 heavy (non-hydrogen) atoms. The minimum atomic E-state index is -0.0133. The predicted molar refractivity (Wildman–Crippen MR) is 81.3 cm³/mol. The molecule has 2 heterocycles. The van der Waals surface area contributed by atoms with E-state index in [9.17, 15) is 9.59 Å². The van der Waals surface area contributed by atoms with Crippen molar-refractivity contribution >= 4 is 17.5 Å². The van der Waals surface area contributed by atoms with Gasteiger partial charge in [-0.05, 0) is 43.1 Å². The summed E-state index contributed by atoms with van der Waals surface area (Å²) in [6.07, 6.45) is 0.871. The Kier molecular flexibility index (Phi) is 3.68. The summed E-state index contributed by atoms with van der Waals surface area (Å²) in [7, 11) is 1.81. The summed E-state index contributed by atoms with van der Waals surface area (Å²) in [4.78, 5) is 26.1. The average Bonchev–Trinajstić information content (AvgIpc) is 2.41. The standard InChI is InChI=1S/C16H21N3O2/c1-10(12-8-17-9-12)15(20)18-13-4-3-11-5-6-19(2)16(21)14(11)7-13/h3-4,7,10,12,17H,5-6,8-9H2,1-2H3,(H,18,20). The summed E-state index contributed by atoms with van der Waals surface area (Å²) in [6.45, 7) is 4.52. The van der Waals surface area contributed by atoms with Gasteiger partial charge >= 0.3 is 0 Å². The predicted octanol–water partition coefficient (Wildman–Crippen LogP) is 1.11. The van der Waals surface area contributed by atoms with Crippen LogP contribution in [0.15, 0.2) is 18.2 Å². The lowest BCUT2D eigenvalue weighted by Gasteiger charge is -2.31. The largest absolute Gasteiger partial charge is 0.341 e. The second kappa shape index (κ2) is 5.48. The van der Waals surface area contributed by atoms with Gasteiger partial charge in [-0.3, -0.25) is 9.59 Å². The van der Waals surface area contributed by atoms with Crippen molar-refractivity contribution in [2.45, 2.75) is 13.3 Å². The van der Waals surface area contributed by atoms with Crippen LogP contribution in [0.4, 0.5) is 5.69 Å². The minimum absolute atomic E-state index is 0.0133. The summed E-state index contributed by atoms with van der Waals surface area (Å²) in [6, 6.07) is 5.64. The van der Waals surface area contributed by atoms with Crippen LogP contribution in [0.25, 0.3) is 0 Å². The third-order valence-corrected chi connectivity index (χ3v) is 4.60. The van der Waals surface area contributed by atoms with E-state index in [1.807, 2.05) is 26.1 Å². The van der Waals surface area contributed by atoms with Gasteiger partial charge in [-0.15, -0.1) is 0 Å². The van der Waals surface area contributed by atoms with Gasteiger partial charge in [0.2, 0.25) is 5.91 Å². The van der Waals surface area contributed by atoms with Crippen LogP contribution in [0, 0.1) is 11.8 Å². The second-order valence-electron chi connectivity index (χ2n) is 6.04. The van der Waals surface area contributed by atoms with E-state index in [1.165, 1.54) is 0 Å². The van der Waals surface area contributed by atoms with E-state index < -0.39 is 0 Å². The molecule has 0 spiro atoms. The number of nitrogens with zero attached hydrogens (tertiary/aromatic N) is 1. The number of anilines is 1. The number of amides is 2. The van der Waals surface area contributed by atoms with E-state index in [-0.39, 0.29) is 17.7 Å². The van der Waals surface area contributed by atoms with Gasteiger partial charge in [0.25, 0.3) is 5.91 Å². The Morgan fingerprint density at radius 3 is 2.86 bits per heavy atom. The molecule has 1 aromatic carbocycles. The number of hydrogen-bond acceptors (Lipinski definition) is 3. The number of rotatable bonds is 3. The number of likely N-dealkylation sites (N-methyl/N-ethyl adjacent to an activating group) is 1. The van der Waals surface area contributed by atoms with Crippen molar-refractivity contribution in [3.05, 3.63) is 29.3 Å². The van der Waals surface area contributed by atoms with Gasteiger partial charge in [0.1, 0.15) is 0 Å². The molecule has 5 heteroatoms. The Balaban J connectivity index is 1.74. The van der Waals surface area contributed by atoms with Gasteiger partial charge in [0, 0.05) is 30.8 Å². The first-order valence-electron chi connectivity index (χ1n) is 7.46. The third kappa shape index (κ3) is 2.65. The minimum Gasteiger partial charge on any atom is -0.341 e. The number of carbonyl (C=O) groups excluding carboxylic acids is 2. The maximum absolute atomic E-state index is 12.2. The highest BCUT2D eigenvalue weighted by atomic mass is 16.2. The molecule has 0 aromatic heterocycles. The van der Waals surface area contributed by atoms with Gasteiger partial charge in [0.05, 0.1) is 0 Å². The lowest BCUT2D eigenvalue weighted by molar-refractivity contribution is -0.121. The number of hydrogen-bond donors (Lipinski definition) is 2. The molecule has 5 nitrogen and oxygen atoms in total. The lowest BCUT2D eigenvalue weighted by atomic mass is 9.88. The molecule has 2 amide bonds. The summed E-state index contributed by atoms with van der Waals surface area (Å²) >= 11 is 0. The number of fused-ring (bicyclic) bond motifs is 1. The Bertz CT molecular complexity index is 581. The van der Waals surface area contributed by atoms with Crippen LogP contribution in [0.2, 0.25) is 0 Å². The molecule has 1 saturated heterocycles. The summed E-state index contributed by atoms with van der Waals surface area (Å²) in [5.74, 6) is 0.456. The Labute approximate surface area is 124 Å². The SMILES string of the molecule is CC(C(=O)Nc1ccc2c(c1)C(=O)N(C)CC2)C1CNC1. The fourth-order valence-electron chi connectivity index (χ4n) is 2.80. The van der Waals surface area contributed by atoms with Crippen molar-refractivity contribution in [1.82, 2.24) is 10.2 Å². The highest BCUT2D eigenvalue weighted by Gasteiger charge is 2.29. The van der Waals surface area contributed by atoms with E-state index in [1.54, 1.807) is 11.0 Å². The van der Waals surface area contributed by atoms with Crippen molar-refractivity contribution in [1.29, 1.82) is 0 Å². The monoisotopic (exact) mass is 287 g/mol. The molecular formula is C16H21N3O2. The summed E-state index contributed by atoms with van der Waals surface area (Å²) in [5.41, 5.74) is 2.48. The van der Waals surface area contributed by atoms with Crippen molar-refractivity contribution in [2.75, 3.05) is 32.0 Å². The zero-order chi connectivity index (χ0) is 15.0. The normalized spacial score (nSPS) is 19.7. The van der Waals surface area contributed by atoms with Crippen molar-refractivity contribution in [3.63, 3.8) is 0 Å². The van der Waals surface area contributed by atoms with E-state index in [2.05, 4.69) is 10.6 Å².